The number of Topliss-reactive ketones (excluding diaryl/α,β-unsaturated/α-hetero) is 1. The number of carbonyl (C=O) groups is 4. The summed E-state index contributed by atoms with van der Waals surface area (Å²) >= 11 is 0. The van der Waals surface area contributed by atoms with E-state index in [-0.39, 0.29) is 67.0 Å². The fourth-order valence-corrected chi connectivity index (χ4v) is 7.91. The van der Waals surface area contributed by atoms with Gasteiger partial charge in [0.05, 0.1) is 6.10 Å². The Bertz CT molecular complexity index is 968. The average molecular weight is 528 g/mol. The molecule has 10 heteroatoms. The number of carboxylic acids is 1. The first-order chi connectivity index (χ1) is 16.3. The van der Waals surface area contributed by atoms with Crippen molar-refractivity contribution in [2.45, 2.75) is 89.4 Å². The monoisotopic (exact) mass is 527 g/mol. The number of aliphatic carboxylic acids is 1. The molecule has 0 aromatic carbocycles. The van der Waals surface area contributed by atoms with Gasteiger partial charge in [0.25, 0.3) is 0 Å². The number of allylic oxidation sites excluding steroid dienone is 1. The first-order valence-electron chi connectivity index (χ1n) is 12.6. The summed E-state index contributed by atoms with van der Waals surface area (Å²) in [4.78, 5) is 48.1. The van der Waals surface area contributed by atoms with E-state index in [1.807, 2.05) is 6.92 Å². The molecule has 36 heavy (non-hydrogen) atoms. The molecule has 0 radical (unpaired) electrons. The normalized spacial score (nSPS) is 40.0. The van der Waals surface area contributed by atoms with Gasteiger partial charge in [0.15, 0.2) is 12.4 Å². The molecule has 0 aromatic rings. The van der Waals surface area contributed by atoms with Gasteiger partial charge >= 0.3 is 11.9 Å². The summed E-state index contributed by atoms with van der Waals surface area (Å²) in [6, 6.07) is -1.16. The SMILES string of the molecule is C[C@]12CCC(=O)C=C1CCC1C2[C@@H](O)C[C@@]2(C)C1CC[C@]2(O)C(=O)COC(=O)[C@@H](N)CCC(=O)O.Cl. The number of carbonyl (C=O) groups excluding carboxylic acids is 3. The van der Waals surface area contributed by atoms with Crippen LogP contribution in [0.5, 0.6) is 0 Å². The van der Waals surface area contributed by atoms with Crippen LogP contribution in [0.3, 0.4) is 0 Å². The number of aliphatic hydroxyl groups is 2. The number of hydrogen-bond donors (Lipinski definition) is 4. The van der Waals surface area contributed by atoms with Crippen molar-refractivity contribution >= 4 is 35.9 Å². The Kier molecular flexibility index (Phi) is 8.11. The minimum atomic E-state index is -1.74. The van der Waals surface area contributed by atoms with Gasteiger partial charge in [-0.3, -0.25) is 19.2 Å². The van der Waals surface area contributed by atoms with Gasteiger partial charge in [0.1, 0.15) is 11.6 Å². The van der Waals surface area contributed by atoms with Gasteiger partial charge in [-0.15, -0.1) is 12.4 Å². The molecule has 9 nitrogen and oxygen atoms in total. The third kappa shape index (κ3) is 4.52. The summed E-state index contributed by atoms with van der Waals surface area (Å²) in [7, 11) is 0. The number of fused-ring (bicyclic) bond motifs is 5. The third-order valence-electron chi connectivity index (χ3n) is 9.83. The van der Waals surface area contributed by atoms with E-state index in [1.165, 1.54) is 0 Å². The fraction of sp³-hybridized carbons (Fsp3) is 0.769. The Hall–Kier alpha value is -1.81. The van der Waals surface area contributed by atoms with E-state index in [1.54, 1.807) is 6.08 Å². The highest BCUT2D eigenvalue weighted by molar-refractivity contribution is 5.92. The zero-order valence-electron chi connectivity index (χ0n) is 20.9. The summed E-state index contributed by atoms with van der Waals surface area (Å²) < 4.78 is 5.06. The van der Waals surface area contributed by atoms with Gasteiger partial charge in [-0.2, -0.15) is 0 Å². The number of aliphatic hydroxyl groups excluding tert-OH is 1. The summed E-state index contributed by atoms with van der Waals surface area (Å²) in [5.74, 6) is -2.32. The highest BCUT2D eigenvalue weighted by atomic mass is 35.5. The van der Waals surface area contributed by atoms with Gasteiger partial charge in [-0.1, -0.05) is 19.4 Å². The Labute approximate surface area is 217 Å². The van der Waals surface area contributed by atoms with Gasteiger partial charge in [-0.25, -0.2) is 0 Å². The van der Waals surface area contributed by atoms with Crippen molar-refractivity contribution in [2.75, 3.05) is 6.61 Å². The first-order valence-corrected chi connectivity index (χ1v) is 12.6. The quantitative estimate of drug-likeness (QED) is 0.362. The van der Waals surface area contributed by atoms with Crippen LogP contribution in [0.25, 0.3) is 0 Å². The van der Waals surface area contributed by atoms with Crippen LogP contribution in [0.4, 0.5) is 0 Å². The molecule has 8 atom stereocenters. The smallest absolute Gasteiger partial charge is 0.323 e. The van der Waals surface area contributed by atoms with Crippen LogP contribution in [0, 0.1) is 28.6 Å². The molecular weight excluding hydrogens is 490 g/mol. The minimum absolute atomic E-state index is 0. The zero-order chi connectivity index (χ0) is 25.8. The van der Waals surface area contributed by atoms with E-state index in [2.05, 4.69) is 6.92 Å². The van der Waals surface area contributed by atoms with E-state index < -0.39 is 47.5 Å². The molecule has 0 amide bonds. The number of esters is 1. The van der Waals surface area contributed by atoms with Crippen LogP contribution in [0.2, 0.25) is 0 Å². The van der Waals surface area contributed by atoms with Crippen LogP contribution in [-0.2, 0) is 23.9 Å². The number of ether oxygens (including phenoxy) is 1. The van der Waals surface area contributed by atoms with Crippen LogP contribution >= 0.6 is 12.4 Å². The number of carboxylic acid groups (broad SMARTS) is 1. The highest BCUT2D eigenvalue weighted by Gasteiger charge is 2.68. The van der Waals surface area contributed by atoms with E-state index in [0.717, 1.165) is 18.4 Å². The van der Waals surface area contributed by atoms with Crippen molar-refractivity contribution < 1.29 is 39.2 Å². The molecule has 0 bridgehead atoms. The maximum absolute atomic E-state index is 13.2. The van der Waals surface area contributed by atoms with Crippen LogP contribution in [-0.4, -0.2) is 63.2 Å². The molecule has 0 spiro atoms. The second-order valence-electron chi connectivity index (χ2n) is 11.5. The molecule has 4 aliphatic carbocycles. The summed E-state index contributed by atoms with van der Waals surface area (Å²) in [5.41, 5.74) is 3.91. The predicted molar refractivity (Wildman–Crippen MR) is 131 cm³/mol. The Morgan fingerprint density at radius 3 is 2.56 bits per heavy atom. The number of rotatable bonds is 7. The van der Waals surface area contributed by atoms with Crippen LogP contribution in [0.15, 0.2) is 11.6 Å². The first kappa shape index (κ1) is 28.8. The molecule has 5 N–H and O–H groups in total. The number of ketones is 2. The molecule has 3 fully saturated rings. The van der Waals surface area contributed by atoms with Crippen LogP contribution in [0.1, 0.15) is 71.6 Å². The van der Waals surface area contributed by atoms with Crippen molar-refractivity contribution in [1.82, 2.24) is 0 Å². The van der Waals surface area contributed by atoms with Gasteiger partial charge < -0.3 is 25.8 Å². The average Bonchev–Trinajstić information content (AvgIpc) is 3.06. The fourth-order valence-electron chi connectivity index (χ4n) is 7.91. The lowest BCUT2D eigenvalue weighted by molar-refractivity contribution is -0.184. The summed E-state index contributed by atoms with van der Waals surface area (Å²) in [6.07, 6.45) is 4.51. The second kappa shape index (κ2) is 10.2. The van der Waals surface area contributed by atoms with Crippen LogP contribution < -0.4 is 5.73 Å². The zero-order valence-corrected chi connectivity index (χ0v) is 21.7. The molecule has 202 valence electrons. The standard InChI is InChI=1S/C26H37NO8.ClH/c1-24-9-7-15(28)11-14(24)3-4-16-17-8-10-26(34,25(17,2)12-19(29)22(16)24)20(30)13-35-23(33)18(27)5-6-21(31)32;/h11,16-19,22,29,34H,3-10,12-13,27H2,1-2H3,(H,31,32);1H/t16?,17?,18-,19-,22?,24-,25-,26-;/m0./s1. The van der Waals surface area contributed by atoms with E-state index in [0.29, 0.717) is 19.3 Å². The maximum Gasteiger partial charge on any atom is 0.323 e. The lowest BCUT2D eigenvalue weighted by Crippen LogP contribution is -2.62. The third-order valence-corrected chi connectivity index (χ3v) is 9.83. The Morgan fingerprint density at radius 1 is 1.19 bits per heavy atom. The topological polar surface area (TPSA) is 164 Å². The van der Waals surface area contributed by atoms with Crippen molar-refractivity contribution in [3.8, 4) is 0 Å². The second-order valence-corrected chi connectivity index (χ2v) is 11.5. The molecule has 3 unspecified atom stereocenters. The number of halogens is 1. The highest BCUT2D eigenvalue weighted by Crippen LogP contribution is 2.67. The molecule has 0 heterocycles. The lowest BCUT2D eigenvalue weighted by atomic mass is 9.45. The maximum atomic E-state index is 13.2. The molecule has 0 saturated heterocycles. The molecule has 0 aromatic heterocycles. The number of hydrogen-bond acceptors (Lipinski definition) is 8. The Morgan fingerprint density at radius 2 is 1.89 bits per heavy atom. The molecule has 3 saturated carbocycles. The van der Waals surface area contributed by atoms with Gasteiger partial charge in [0, 0.05) is 18.3 Å². The molecule has 4 rings (SSSR count). The van der Waals surface area contributed by atoms with Gasteiger partial charge in [0.2, 0.25) is 5.78 Å². The van der Waals surface area contributed by atoms with Crippen molar-refractivity contribution in [3.05, 3.63) is 11.6 Å². The van der Waals surface area contributed by atoms with Crippen molar-refractivity contribution in [3.63, 3.8) is 0 Å². The largest absolute Gasteiger partial charge is 0.481 e. The van der Waals surface area contributed by atoms with Gasteiger partial charge in [-0.05, 0) is 74.2 Å². The molecule has 4 aliphatic rings. The summed E-state index contributed by atoms with van der Waals surface area (Å²) in [6.45, 7) is 3.36. The van der Waals surface area contributed by atoms with E-state index in [4.69, 9.17) is 15.6 Å². The lowest BCUT2D eigenvalue weighted by Gasteiger charge is -2.60. The molecular formula is C26H38ClNO8. The van der Waals surface area contributed by atoms with E-state index >= 15 is 0 Å². The Balaban J connectivity index is 0.00000361. The van der Waals surface area contributed by atoms with Crippen molar-refractivity contribution in [1.29, 1.82) is 0 Å². The number of nitrogens with two attached hydrogens (primary N) is 1. The molecule has 0 aliphatic heterocycles. The summed E-state index contributed by atoms with van der Waals surface area (Å²) in [5, 5.41) is 31.8. The van der Waals surface area contributed by atoms with E-state index in [9.17, 15) is 29.4 Å². The predicted octanol–water partition coefficient (Wildman–Crippen LogP) is 1.95. The minimum Gasteiger partial charge on any atom is -0.481 e. The van der Waals surface area contributed by atoms with Crippen molar-refractivity contribution in [2.24, 2.45) is 34.3 Å².